The summed E-state index contributed by atoms with van der Waals surface area (Å²) in [6.45, 7) is 0. The van der Waals surface area contributed by atoms with Gasteiger partial charge in [0.25, 0.3) is 5.82 Å². The third-order valence-corrected chi connectivity index (χ3v) is 2.84. The largest absolute Gasteiger partial charge is 0.479 e. The molecule has 0 amide bonds. The SMILES string of the molecule is COc1nnc(-n2cc[n+](C)c2)c2ccccc12. The van der Waals surface area contributed by atoms with Crippen molar-refractivity contribution in [2.75, 3.05) is 7.11 Å². The van der Waals surface area contributed by atoms with E-state index >= 15 is 0 Å². The number of methoxy groups -OCH3 is 1. The van der Waals surface area contributed by atoms with Gasteiger partial charge in [-0.25, -0.2) is 4.57 Å². The normalized spacial score (nSPS) is 10.8. The fourth-order valence-electron chi connectivity index (χ4n) is 1.98. The molecule has 1 aromatic carbocycles. The highest BCUT2D eigenvalue weighted by Gasteiger charge is 2.14. The Hall–Kier alpha value is -2.43. The van der Waals surface area contributed by atoms with Gasteiger partial charge >= 0.3 is 0 Å². The van der Waals surface area contributed by atoms with Gasteiger partial charge in [0.1, 0.15) is 12.4 Å². The first-order valence-corrected chi connectivity index (χ1v) is 5.62. The molecule has 3 rings (SSSR count). The number of hydrogen-bond acceptors (Lipinski definition) is 3. The maximum absolute atomic E-state index is 5.24. The quantitative estimate of drug-likeness (QED) is 0.634. The molecule has 0 aliphatic carbocycles. The Morgan fingerprint density at radius 1 is 1.17 bits per heavy atom. The van der Waals surface area contributed by atoms with Crippen molar-refractivity contribution >= 4 is 10.8 Å². The highest BCUT2D eigenvalue weighted by molar-refractivity contribution is 5.91. The Labute approximate surface area is 104 Å². The molecule has 0 saturated heterocycles. The summed E-state index contributed by atoms with van der Waals surface area (Å²) < 4.78 is 9.13. The van der Waals surface area contributed by atoms with Gasteiger partial charge in [0.2, 0.25) is 12.2 Å². The third-order valence-electron chi connectivity index (χ3n) is 2.84. The van der Waals surface area contributed by atoms with Gasteiger partial charge in [-0.3, -0.25) is 0 Å². The molecule has 0 aliphatic rings. The fourth-order valence-corrected chi connectivity index (χ4v) is 1.98. The van der Waals surface area contributed by atoms with Crippen molar-refractivity contribution in [2.45, 2.75) is 0 Å². The van der Waals surface area contributed by atoms with E-state index in [9.17, 15) is 0 Å². The zero-order valence-corrected chi connectivity index (χ0v) is 10.2. The minimum Gasteiger partial charge on any atom is -0.479 e. The lowest BCUT2D eigenvalue weighted by Gasteiger charge is -2.04. The molecule has 5 nitrogen and oxygen atoms in total. The molecule has 0 saturated carbocycles. The van der Waals surface area contributed by atoms with Gasteiger partial charge < -0.3 is 4.74 Å². The molecular weight excluding hydrogens is 228 g/mol. The number of aromatic nitrogens is 4. The lowest BCUT2D eigenvalue weighted by molar-refractivity contribution is -0.670. The Kier molecular flexibility index (Phi) is 2.44. The second kappa shape index (κ2) is 4.10. The van der Waals surface area contributed by atoms with E-state index in [-0.39, 0.29) is 0 Å². The smallest absolute Gasteiger partial charge is 0.253 e. The molecule has 0 N–H and O–H groups in total. The van der Waals surface area contributed by atoms with Gasteiger partial charge in [-0.15, -0.1) is 10.2 Å². The van der Waals surface area contributed by atoms with Crippen molar-refractivity contribution in [3.05, 3.63) is 43.0 Å². The molecule has 0 bridgehead atoms. The molecule has 0 fully saturated rings. The van der Waals surface area contributed by atoms with Crippen LogP contribution in [0.2, 0.25) is 0 Å². The Morgan fingerprint density at radius 2 is 1.94 bits per heavy atom. The molecule has 18 heavy (non-hydrogen) atoms. The van der Waals surface area contributed by atoms with E-state index in [2.05, 4.69) is 10.2 Å². The molecule has 5 heteroatoms. The van der Waals surface area contributed by atoms with Crippen molar-refractivity contribution in [1.82, 2.24) is 14.8 Å². The van der Waals surface area contributed by atoms with Gasteiger partial charge in [-0.2, -0.15) is 4.57 Å². The summed E-state index contributed by atoms with van der Waals surface area (Å²) >= 11 is 0. The van der Waals surface area contributed by atoms with Crippen LogP contribution in [0.3, 0.4) is 0 Å². The molecule has 0 aliphatic heterocycles. The fraction of sp³-hybridized carbons (Fsp3) is 0.154. The van der Waals surface area contributed by atoms with E-state index in [1.807, 2.05) is 59.2 Å². The van der Waals surface area contributed by atoms with Crippen molar-refractivity contribution in [3.63, 3.8) is 0 Å². The Morgan fingerprint density at radius 3 is 2.61 bits per heavy atom. The van der Waals surface area contributed by atoms with Crippen LogP contribution in [0.4, 0.5) is 0 Å². The van der Waals surface area contributed by atoms with Crippen molar-refractivity contribution in [1.29, 1.82) is 0 Å². The monoisotopic (exact) mass is 241 g/mol. The Bertz CT molecular complexity index is 705. The van der Waals surface area contributed by atoms with Crippen LogP contribution in [0.1, 0.15) is 0 Å². The molecule has 0 radical (unpaired) electrons. The number of rotatable bonds is 2. The molecular formula is C13H13N4O+. The Balaban J connectivity index is 2.31. The van der Waals surface area contributed by atoms with Gasteiger partial charge in [0.05, 0.1) is 24.9 Å². The van der Waals surface area contributed by atoms with E-state index in [1.54, 1.807) is 7.11 Å². The van der Waals surface area contributed by atoms with Crippen molar-refractivity contribution in [2.24, 2.45) is 7.05 Å². The lowest BCUT2D eigenvalue weighted by atomic mass is 10.2. The molecule has 2 heterocycles. The highest BCUT2D eigenvalue weighted by atomic mass is 16.5. The predicted molar refractivity (Wildman–Crippen MR) is 66.6 cm³/mol. The summed E-state index contributed by atoms with van der Waals surface area (Å²) in [6, 6.07) is 7.94. The van der Waals surface area contributed by atoms with Crippen LogP contribution in [0, 0.1) is 0 Å². The number of ether oxygens (including phenoxy) is 1. The van der Waals surface area contributed by atoms with Crippen LogP contribution in [-0.2, 0) is 7.05 Å². The first-order valence-electron chi connectivity index (χ1n) is 5.62. The van der Waals surface area contributed by atoms with Crippen LogP contribution in [-0.4, -0.2) is 21.9 Å². The molecule has 0 spiro atoms. The number of aryl methyl sites for hydroxylation is 1. The second-order valence-corrected chi connectivity index (χ2v) is 4.06. The maximum Gasteiger partial charge on any atom is 0.253 e. The molecule has 0 atom stereocenters. The molecule has 2 aromatic heterocycles. The van der Waals surface area contributed by atoms with E-state index in [0.717, 1.165) is 16.6 Å². The zero-order chi connectivity index (χ0) is 12.5. The molecule has 90 valence electrons. The number of benzene rings is 1. The van der Waals surface area contributed by atoms with E-state index < -0.39 is 0 Å². The van der Waals surface area contributed by atoms with E-state index in [1.165, 1.54) is 0 Å². The van der Waals surface area contributed by atoms with Crippen LogP contribution in [0.15, 0.2) is 43.0 Å². The zero-order valence-electron chi connectivity index (χ0n) is 10.2. The summed E-state index contributed by atoms with van der Waals surface area (Å²) in [5.74, 6) is 1.35. The summed E-state index contributed by atoms with van der Waals surface area (Å²) in [5, 5.41) is 10.3. The summed E-state index contributed by atoms with van der Waals surface area (Å²) in [5.41, 5.74) is 0. The summed E-state index contributed by atoms with van der Waals surface area (Å²) in [7, 11) is 3.57. The molecule has 0 unspecified atom stereocenters. The standard InChI is InChI=1S/C13H13N4O/c1-16-7-8-17(9-16)12-10-5-3-4-6-11(10)13(18-2)15-14-12/h3-9H,1-2H3/q+1. The van der Waals surface area contributed by atoms with Crippen LogP contribution in [0.25, 0.3) is 16.6 Å². The van der Waals surface area contributed by atoms with Crippen molar-refractivity contribution < 1.29 is 9.30 Å². The minimum atomic E-state index is 0.547. The second-order valence-electron chi connectivity index (χ2n) is 4.06. The number of hydrogen-bond donors (Lipinski definition) is 0. The first-order chi connectivity index (χ1) is 8.79. The van der Waals surface area contributed by atoms with E-state index in [4.69, 9.17) is 4.74 Å². The highest BCUT2D eigenvalue weighted by Crippen LogP contribution is 2.25. The van der Waals surface area contributed by atoms with Gasteiger partial charge in [-0.1, -0.05) is 12.1 Å². The number of fused-ring (bicyclic) bond motifs is 1. The van der Waals surface area contributed by atoms with E-state index in [0.29, 0.717) is 5.88 Å². The predicted octanol–water partition coefficient (Wildman–Crippen LogP) is 1.25. The average molecular weight is 241 g/mol. The van der Waals surface area contributed by atoms with Gasteiger partial charge in [-0.05, 0) is 12.1 Å². The van der Waals surface area contributed by atoms with Gasteiger partial charge in [0, 0.05) is 0 Å². The number of nitrogens with zero attached hydrogens (tertiary/aromatic N) is 4. The van der Waals surface area contributed by atoms with Crippen LogP contribution >= 0.6 is 0 Å². The maximum atomic E-state index is 5.24. The minimum absolute atomic E-state index is 0.547. The molecule has 3 aromatic rings. The summed E-state index contributed by atoms with van der Waals surface area (Å²) in [4.78, 5) is 0. The number of imidazole rings is 1. The average Bonchev–Trinajstić information content (AvgIpc) is 2.84. The van der Waals surface area contributed by atoms with Crippen LogP contribution in [0.5, 0.6) is 5.88 Å². The van der Waals surface area contributed by atoms with Crippen molar-refractivity contribution in [3.8, 4) is 11.7 Å². The topological polar surface area (TPSA) is 43.8 Å². The third kappa shape index (κ3) is 1.60. The first kappa shape index (κ1) is 10.7. The summed E-state index contributed by atoms with van der Waals surface area (Å²) in [6.07, 6.45) is 5.85. The van der Waals surface area contributed by atoms with Gasteiger partial charge in [0.15, 0.2) is 0 Å². The lowest BCUT2D eigenvalue weighted by Crippen LogP contribution is -2.23. The van der Waals surface area contributed by atoms with Crippen LogP contribution < -0.4 is 9.30 Å².